The Kier molecular flexibility index (Phi) is 5.83. The number of rotatable bonds is 5. The van der Waals surface area contributed by atoms with E-state index < -0.39 is 16.9 Å². The number of halogens is 1. The minimum atomic E-state index is -0.714. The van der Waals surface area contributed by atoms with Gasteiger partial charge in [0, 0.05) is 19.7 Å². The first-order chi connectivity index (χ1) is 9.79. The monoisotopic (exact) mass is 357 g/mol. The number of hydrogen-bond donors (Lipinski definition) is 1. The highest BCUT2D eigenvalue weighted by Gasteiger charge is 2.23. The van der Waals surface area contributed by atoms with Crippen LogP contribution in [0, 0.1) is 10.1 Å². The van der Waals surface area contributed by atoms with E-state index in [2.05, 4.69) is 21.2 Å². The molecule has 0 aliphatic heterocycles. The second kappa shape index (κ2) is 7.16. The SMILES string of the molecule is CCN(C)C(=O)C(C)NC(=O)c1cccc([N+](=O)[O-])c1Br. The van der Waals surface area contributed by atoms with E-state index in [1.807, 2.05) is 6.92 Å². The Morgan fingerprint density at radius 3 is 2.62 bits per heavy atom. The van der Waals surface area contributed by atoms with E-state index in [1.54, 1.807) is 14.0 Å². The molecule has 0 aliphatic carbocycles. The van der Waals surface area contributed by atoms with E-state index in [4.69, 9.17) is 0 Å². The molecule has 1 unspecified atom stereocenters. The normalized spacial score (nSPS) is 11.6. The number of likely N-dealkylation sites (N-methyl/N-ethyl adjacent to an activating group) is 1. The zero-order chi connectivity index (χ0) is 16.2. The highest BCUT2D eigenvalue weighted by atomic mass is 79.9. The lowest BCUT2D eigenvalue weighted by molar-refractivity contribution is -0.385. The van der Waals surface area contributed by atoms with Crippen LogP contribution in [0.1, 0.15) is 24.2 Å². The van der Waals surface area contributed by atoms with Gasteiger partial charge in [-0.25, -0.2) is 0 Å². The van der Waals surface area contributed by atoms with Crippen LogP contribution in [0.5, 0.6) is 0 Å². The number of nitrogens with one attached hydrogen (secondary N) is 1. The van der Waals surface area contributed by atoms with Gasteiger partial charge in [-0.1, -0.05) is 6.07 Å². The van der Waals surface area contributed by atoms with Crippen LogP contribution >= 0.6 is 15.9 Å². The maximum atomic E-state index is 12.1. The van der Waals surface area contributed by atoms with Gasteiger partial charge in [-0.3, -0.25) is 19.7 Å². The standard InChI is InChI=1S/C13H16BrN3O4/c1-4-16(3)13(19)8(2)15-12(18)9-6-5-7-10(11(9)14)17(20)21/h5-8H,4H2,1-3H3,(H,15,18). The number of carbonyl (C=O) groups is 2. The smallest absolute Gasteiger partial charge is 0.284 e. The van der Waals surface area contributed by atoms with E-state index in [1.165, 1.54) is 23.1 Å². The molecule has 0 bridgehead atoms. The molecule has 8 heteroatoms. The van der Waals surface area contributed by atoms with Crippen molar-refractivity contribution in [2.45, 2.75) is 19.9 Å². The fraction of sp³-hybridized carbons (Fsp3) is 0.385. The number of nitro groups is 1. The highest BCUT2D eigenvalue weighted by Crippen LogP contribution is 2.28. The van der Waals surface area contributed by atoms with Crippen molar-refractivity contribution in [2.24, 2.45) is 0 Å². The molecule has 0 aliphatic rings. The number of carbonyl (C=O) groups excluding carboxylic acids is 2. The lowest BCUT2D eigenvalue weighted by atomic mass is 10.1. The molecule has 0 spiro atoms. The number of nitro benzene ring substituents is 1. The first kappa shape index (κ1) is 17.1. The van der Waals surface area contributed by atoms with E-state index in [0.29, 0.717) is 6.54 Å². The summed E-state index contributed by atoms with van der Waals surface area (Å²) in [6.45, 7) is 3.92. The number of amides is 2. The molecule has 114 valence electrons. The predicted molar refractivity (Wildman–Crippen MR) is 81.0 cm³/mol. The molecule has 1 aromatic rings. The fourth-order valence-corrected chi connectivity index (χ4v) is 2.25. The minimum absolute atomic E-state index is 0.0935. The average Bonchev–Trinajstić information content (AvgIpc) is 2.45. The summed E-state index contributed by atoms with van der Waals surface area (Å²) < 4.78 is 0.0935. The summed E-state index contributed by atoms with van der Waals surface area (Å²) in [5, 5.41) is 13.4. The van der Waals surface area contributed by atoms with Gasteiger partial charge in [0.25, 0.3) is 11.6 Å². The van der Waals surface area contributed by atoms with Gasteiger partial charge >= 0.3 is 0 Å². The van der Waals surface area contributed by atoms with Crippen molar-refractivity contribution in [3.05, 3.63) is 38.3 Å². The summed E-state index contributed by atoms with van der Waals surface area (Å²) in [5.74, 6) is -0.775. The average molecular weight is 358 g/mol. The third kappa shape index (κ3) is 4.01. The Bertz CT molecular complexity index is 577. The molecule has 21 heavy (non-hydrogen) atoms. The topological polar surface area (TPSA) is 92.6 Å². The van der Waals surface area contributed by atoms with Crippen LogP contribution in [0.25, 0.3) is 0 Å². The Morgan fingerprint density at radius 1 is 1.48 bits per heavy atom. The number of hydrogen-bond acceptors (Lipinski definition) is 4. The number of nitrogens with zero attached hydrogens (tertiary/aromatic N) is 2. The van der Waals surface area contributed by atoms with Crippen molar-refractivity contribution in [1.29, 1.82) is 0 Å². The lowest BCUT2D eigenvalue weighted by Crippen LogP contribution is -2.45. The maximum Gasteiger partial charge on any atom is 0.284 e. The summed E-state index contributed by atoms with van der Waals surface area (Å²) in [5.41, 5.74) is -0.0877. The quantitative estimate of drug-likeness (QED) is 0.643. The maximum absolute atomic E-state index is 12.1. The zero-order valence-electron chi connectivity index (χ0n) is 11.9. The molecule has 0 fully saturated rings. The van der Waals surface area contributed by atoms with Crippen LogP contribution in [0.3, 0.4) is 0 Å². The molecule has 0 radical (unpaired) electrons. The second-order valence-electron chi connectivity index (χ2n) is 4.44. The van der Waals surface area contributed by atoms with E-state index in [9.17, 15) is 19.7 Å². The summed E-state index contributed by atoms with van der Waals surface area (Å²) in [7, 11) is 1.63. The highest BCUT2D eigenvalue weighted by molar-refractivity contribution is 9.10. The molecule has 0 heterocycles. The van der Waals surface area contributed by atoms with Gasteiger partial charge < -0.3 is 10.2 Å². The van der Waals surface area contributed by atoms with Crippen LogP contribution in [0.2, 0.25) is 0 Å². The molecular weight excluding hydrogens is 342 g/mol. The summed E-state index contributed by atoms with van der Waals surface area (Å²) in [6, 6.07) is 3.45. The summed E-state index contributed by atoms with van der Waals surface area (Å²) in [6.07, 6.45) is 0. The van der Waals surface area contributed by atoms with Gasteiger partial charge in [-0.15, -0.1) is 0 Å². The molecule has 1 N–H and O–H groups in total. The molecule has 2 amide bonds. The van der Waals surface area contributed by atoms with E-state index in [0.717, 1.165) is 0 Å². The first-order valence-electron chi connectivity index (χ1n) is 6.28. The third-order valence-corrected chi connectivity index (χ3v) is 3.82. The molecule has 7 nitrogen and oxygen atoms in total. The van der Waals surface area contributed by atoms with Crippen molar-refractivity contribution >= 4 is 33.4 Å². The molecule has 0 saturated heterocycles. The van der Waals surface area contributed by atoms with Gasteiger partial charge in [0.05, 0.1) is 10.5 Å². The van der Waals surface area contributed by atoms with Crippen LogP contribution < -0.4 is 5.32 Å². The Balaban J connectivity index is 2.93. The largest absolute Gasteiger partial charge is 0.344 e. The lowest BCUT2D eigenvalue weighted by Gasteiger charge is -2.20. The minimum Gasteiger partial charge on any atom is -0.344 e. The van der Waals surface area contributed by atoms with Gasteiger partial charge in [0.1, 0.15) is 10.5 Å². The second-order valence-corrected chi connectivity index (χ2v) is 5.24. The third-order valence-electron chi connectivity index (χ3n) is 2.99. The zero-order valence-corrected chi connectivity index (χ0v) is 13.5. The molecular formula is C13H16BrN3O4. The van der Waals surface area contributed by atoms with Crippen molar-refractivity contribution in [2.75, 3.05) is 13.6 Å². The molecule has 1 aromatic carbocycles. The summed E-state index contributed by atoms with van der Waals surface area (Å²) in [4.78, 5) is 35.8. The first-order valence-corrected chi connectivity index (χ1v) is 7.07. The van der Waals surface area contributed by atoms with E-state index in [-0.39, 0.29) is 21.6 Å². The predicted octanol–water partition coefficient (Wildman–Crippen LogP) is 1.95. The van der Waals surface area contributed by atoms with Crippen LogP contribution in [-0.4, -0.2) is 41.3 Å². The fourth-order valence-electron chi connectivity index (χ4n) is 1.66. The van der Waals surface area contributed by atoms with Gasteiger partial charge in [-0.05, 0) is 35.8 Å². The van der Waals surface area contributed by atoms with Crippen molar-refractivity contribution in [1.82, 2.24) is 10.2 Å². The van der Waals surface area contributed by atoms with Gasteiger partial charge in [0.2, 0.25) is 5.91 Å². The molecule has 0 saturated carbocycles. The Labute approximate surface area is 130 Å². The van der Waals surface area contributed by atoms with Crippen LogP contribution in [-0.2, 0) is 4.79 Å². The Morgan fingerprint density at radius 2 is 2.10 bits per heavy atom. The number of benzene rings is 1. The summed E-state index contributed by atoms with van der Waals surface area (Å²) >= 11 is 3.05. The van der Waals surface area contributed by atoms with Crippen LogP contribution in [0.15, 0.2) is 22.7 Å². The molecule has 1 atom stereocenters. The van der Waals surface area contributed by atoms with Crippen molar-refractivity contribution in [3.63, 3.8) is 0 Å². The molecule has 1 rings (SSSR count). The van der Waals surface area contributed by atoms with Crippen molar-refractivity contribution < 1.29 is 14.5 Å². The van der Waals surface area contributed by atoms with Gasteiger partial charge in [0.15, 0.2) is 0 Å². The Hall–Kier alpha value is -1.96. The molecule has 0 aromatic heterocycles. The van der Waals surface area contributed by atoms with Crippen molar-refractivity contribution in [3.8, 4) is 0 Å². The van der Waals surface area contributed by atoms with Crippen LogP contribution in [0.4, 0.5) is 5.69 Å². The van der Waals surface area contributed by atoms with E-state index >= 15 is 0 Å². The van der Waals surface area contributed by atoms with Gasteiger partial charge in [-0.2, -0.15) is 0 Å².